The van der Waals surface area contributed by atoms with E-state index in [0.717, 1.165) is 62.2 Å². The summed E-state index contributed by atoms with van der Waals surface area (Å²) in [6.07, 6.45) is 6.02. The van der Waals surface area contributed by atoms with Crippen molar-refractivity contribution in [3.05, 3.63) is 119 Å². The first-order valence-electron chi connectivity index (χ1n) is 17.4. The summed E-state index contributed by atoms with van der Waals surface area (Å²) in [5, 5.41) is 54.0. The first-order chi connectivity index (χ1) is 23.9. The standard InChI is InChI=1S/C39H47B2N3O5/c1-2-3-4-5-12-21-44-39(45)23-28-19-20-33-34(22-28)36(27-43-25-30-14-7-11-18-38(30)41(48)49)32-16-9-8-15-31(32)35(33)26-42-24-29-13-6-10-17-37(29)40(46)47/h6-11,13-20,22,42-43,46-49H,2-5,12,21,23-27H2,1H3,(H,44,45). The number of fused-ring (bicyclic) bond motifs is 2. The van der Waals surface area contributed by atoms with Gasteiger partial charge in [0.25, 0.3) is 0 Å². The summed E-state index contributed by atoms with van der Waals surface area (Å²) in [6, 6.07) is 29.2. The molecule has 0 spiro atoms. The lowest BCUT2D eigenvalue weighted by Gasteiger charge is -2.19. The Morgan fingerprint density at radius 2 is 1.10 bits per heavy atom. The second-order valence-corrected chi connectivity index (χ2v) is 12.7. The first-order valence-corrected chi connectivity index (χ1v) is 17.4. The molecule has 0 unspecified atom stereocenters. The molecule has 0 aliphatic carbocycles. The summed E-state index contributed by atoms with van der Waals surface area (Å²) in [4.78, 5) is 13.0. The number of benzene rings is 5. The lowest BCUT2D eigenvalue weighted by atomic mass is 9.77. The van der Waals surface area contributed by atoms with Gasteiger partial charge in [-0.25, -0.2) is 0 Å². The zero-order valence-corrected chi connectivity index (χ0v) is 28.3. The van der Waals surface area contributed by atoms with Crippen LogP contribution in [0.3, 0.4) is 0 Å². The minimum atomic E-state index is -1.55. The zero-order valence-electron chi connectivity index (χ0n) is 28.3. The number of rotatable bonds is 18. The fourth-order valence-electron chi connectivity index (χ4n) is 6.64. The van der Waals surface area contributed by atoms with Crippen LogP contribution in [0.25, 0.3) is 21.5 Å². The summed E-state index contributed by atoms with van der Waals surface area (Å²) < 4.78 is 0. The molecule has 0 radical (unpaired) electrons. The second kappa shape index (κ2) is 18.1. The number of nitrogens with one attached hydrogen (secondary N) is 3. The van der Waals surface area contributed by atoms with Gasteiger partial charge in [-0.05, 0) is 66.7 Å². The number of carbonyl (C=O) groups excluding carboxylic acids is 1. The summed E-state index contributed by atoms with van der Waals surface area (Å²) >= 11 is 0. The van der Waals surface area contributed by atoms with E-state index in [1.54, 1.807) is 24.3 Å². The number of carbonyl (C=O) groups is 1. The van der Waals surface area contributed by atoms with E-state index in [-0.39, 0.29) is 5.91 Å². The maximum absolute atomic E-state index is 13.0. The van der Waals surface area contributed by atoms with Gasteiger partial charge in [-0.1, -0.05) is 124 Å². The molecule has 0 bridgehead atoms. The van der Waals surface area contributed by atoms with Gasteiger partial charge in [-0.2, -0.15) is 0 Å². The predicted octanol–water partition coefficient (Wildman–Crippen LogP) is 3.56. The van der Waals surface area contributed by atoms with Crippen LogP contribution in [0.4, 0.5) is 0 Å². The molecule has 5 aromatic carbocycles. The fraction of sp³-hybridized carbons (Fsp3) is 0.308. The molecule has 0 atom stereocenters. The van der Waals surface area contributed by atoms with Gasteiger partial charge in [0, 0.05) is 32.7 Å². The van der Waals surface area contributed by atoms with Crippen molar-refractivity contribution < 1.29 is 24.9 Å². The van der Waals surface area contributed by atoms with Gasteiger partial charge < -0.3 is 36.0 Å². The Bertz CT molecular complexity index is 1850. The van der Waals surface area contributed by atoms with Crippen LogP contribution in [-0.4, -0.2) is 46.8 Å². The largest absolute Gasteiger partial charge is 0.488 e. The maximum Gasteiger partial charge on any atom is 0.488 e. The third-order valence-corrected chi connectivity index (χ3v) is 9.18. The van der Waals surface area contributed by atoms with E-state index in [1.807, 2.05) is 42.5 Å². The molecule has 10 heteroatoms. The van der Waals surface area contributed by atoms with Gasteiger partial charge in [-0.3, -0.25) is 4.79 Å². The molecule has 8 nitrogen and oxygen atoms in total. The van der Waals surface area contributed by atoms with Crippen LogP contribution in [0.5, 0.6) is 0 Å². The van der Waals surface area contributed by atoms with E-state index in [2.05, 4.69) is 47.1 Å². The Balaban J connectivity index is 1.45. The molecule has 0 aromatic heterocycles. The van der Waals surface area contributed by atoms with Crippen LogP contribution >= 0.6 is 0 Å². The van der Waals surface area contributed by atoms with Gasteiger partial charge in [0.1, 0.15) is 0 Å². The van der Waals surface area contributed by atoms with Crippen molar-refractivity contribution in [1.29, 1.82) is 0 Å². The topological polar surface area (TPSA) is 134 Å². The minimum absolute atomic E-state index is 0.0149. The molecular weight excluding hydrogens is 612 g/mol. The maximum atomic E-state index is 13.0. The highest BCUT2D eigenvalue weighted by molar-refractivity contribution is 6.59. The van der Waals surface area contributed by atoms with Crippen molar-refractivity contribution in [2.75, 3.05) is 6.54 Å². The van der Waals surface area contributed by atoms with Gasteiger partial charge in [0.2, 0.25) is 5.91 Å². The average molecular weight is 659 g/mol. The minimum Gasteiger partial charge on any atom is -0.423 e. The normalized spacial score (nSPS) is 11.3. The Labute approximate surface area is 289 Å². The van der Waals surface area contributed by atoms with Gasteiger partial charge in [0.05, 0.1) is 6.42 Å². The van der Waals surface area contributed by atoms with Crippen LogP contribution in [0.1, 0.15) is 66.8 Å². The number of amides is 1. The molecule has 0 heterocycles. The van der Waals surface area contributed by atoms with E-state index in [0.29, 0.717) is 50.1 Å². The monoisotopic (exact) mass is 659 g/mol. The Hall–Kier alpha value is -4.02. The van der Waals surface area contributed by atoms with Crippen molar-refractivity contribution in [3.8, 4) is 0 Å². The van der Waals surface area contributed by atoms with E-state index >= 15 is 0 Å². The first kappa shape index (κ1) is 36.3. The molecule has 0 saturated carbocycles. The third-order valence-electron chi connectivity index (χ3n) is 9.18. The summed E-state index contributed by atoms with van der Waals surface area (Å²) in [5.74, 6) is 0.0149. The van der Waals surface area contributed by atoms with Crippen LogP contribution in [0.15, 0.2) is 91.0 Å². The molecule has 0 aliphatic rings. The molecule has 7 N–H and O–H groups in total. The molecule has 0 aliphatic heterocycles. The number of hydrogen-bond donors (Lipinski definition) is 7. The molecule has 1 amide bonds. The van der Waals surface area contributed by atoms with Gasteiger partial charge in [-0.15, -0.1) is 0 Å². The summed E-state index contributed by atoms with van der Waals surface area (Å²) in [5.41, 5.74) is 5.74. The third kappa shape index (κ3) is 9.57. The van der Waals surface area contributed by atoms with Crippen LogP contribution in [0, 0.1) is 0 Å². The van der Waals surface area contributed by atoms with E-state index in [9.17, 15) is 24.9 Å². The highest BCUT2D eigenvalue weighted by Crippen LogP contribution is 2.34. The van der Waals surface area contributed by atoms with Crippen molar-refractivity contribution in [1.82, 2.24) is 16.0 Å². The molecule has 0 saturated heterocycles. The Kier molecular flexibility index (Phi) is 13.4. The second-order valence-electron chi connectivity index (χ2n) is 12.7. The molecule has 0 fully saturated rings. The van der Waals surface area contributed by atoms with E-state index in [1.165, 1.54) is 19.3 Å². The highest BCUT2D eigenvalue weighted by Gasteiger charge is 2.19. The number of unbranched alkanes of at least 4 members (excludes halogenated alkanes) is 4. The molecule has 254 valence electrons. The van der Waals surface area contributed by atoms with Crippen LogP contribution < -0.4 is 26.9 Å². The highest BCUT2D eigenvalue weighted by atomic mass is 16.4. The predicted molar refractivity (Wildman–Crippen MR) is 201 cm³/mol. The Morgan fingerprint density at radius 3 is 1.67 bits per heavy atom. The molecular formula is C39H47B2N3O5. The SMILES string of the molecule is CCCCCCCNC(=O)Cc1ccc2c(CNCc3ccccc3B(O)O)c3ccccc3c(CNCc3ccccc3B(O)O)c2c1. The van der Waals surface area contributed by atoms with Gasteiger partial charge in [0.15, 0.2) is 0 Å². The molecule has 5 aromatic rings. The van der Waals surface area contributed by atoms with Crippen LogP contribution in [0.2, 0.25) is 0 Å². The molecule has 49 heavy (non-hydrogen) atoms. The summed E-state index contributed by atoms with van der Waals surface area (Å²) in [7, 11) is -3.10. The lowest BCUT2D eigenvalue weighted by Crippen LogP contribution is -2.34. The van der Waals surface area contributed by atoms with Gasteiger partial charge >= 0.3 is 14.2 Å². The zero-order chi connectivity index (χ0) is 34.6. The average Bonchev–Trinajstić information content (AvgIpc) is 3.10. The lowest BCUT2D eigenvalue weighted by molar-refractivity contribution is -0.120. The van der Waals surface area contributed by atoms with Crippen molar-refractivity contribution in [3.63, 3.8) is 0 Å². The fourth-order valence-corrected chi connectivity index (χ4v) is 6.64. The summed E-state index contributed by atoms with van der Waals surface area (Å²) in [6.45, 7) is 4.85. The van der Waals surface area contributed by atoms with Crippen LogP contribution in [-0.2, 0) is 37.4 Å². The van der Waals surface area contributed by atoms with Crippen molar-refractivity contribution >= 4 is 52.6 Å². The molecule has 5 rings (SSSR count). The van der Waals surface area contributed by atoms with Crippen molar-refractivity contribution in [2.24, 2.45) is 0 Å². The quantitative estimate of drug-likeness (QED) is 0.0435. The van der Waals surface area contributed by atoms with E-state index in [4.69, 9.17) is 0 Å². The van der Waals surface area contributed by atoms with E-state index < -0.39 is 14.2 Å². The smallest absolute Gasteiger partial charge is 0.423 e. The van der Waals surface area contributed by atoms with Crippen molar-refractivity contribution in [2.45, 2.75) is 71.6 Å². The number of hydrogen-bond acceptors (Lipinski definition) is 7. The Morgan fingerprint density at radius 1 is 0.592 bits per heavy atom.